The average Bonchev–Trinajstić information content (AvgIpc) is 3.56. The lowest BCUT2D eigenvalue weighted by Crippen LogP contribution is -2.43. The Bertz CT molecular complexity index is 1310. The van der Waals surface area contributed by atoms with Gasteiger partial charge in [-0.05, 0) is 55.1 Å². The van der Waals surface area contributed by atoms with Gasteiger partial charge >= 0.3 is 0 Å². The first-order valence-electron chi connectivity index (χ1n) is 12.7. The van der Waals surface area contributed by atoms with Crippen molar-refractivity contribution in [3.05, 3.63) is 53.1 Å². The van der Waals surface area contributed by atoms with Crippen LogP contribution in [0.5, 0.6) is 11.5 Å². The lowest BCUT2D eigenvalue weighted by Gasteiger charge is -2.32. The Balaban J connectivity index is 1.56. The Kier molecular flexibility index (Phi) is 6.87. The number of rotatable bonds is 7. The van der Waals surface area contributed by atoms with Crippen LogP contribution in [0.15, 0.2) is 30.3 Å². The molecule has 1 amide bonds. The Labute approximate surface area is 215 Å². The predicted octanol–water partition coefficient (Wildman–Crippen LogP) is 3.25. The fourth-order valence-corrected chi connectivity index (χ4v) is 4.64. The maximum absolute atomic E-state index is 15.7. The molecule has 0 atom stereocenters. The summed E-state index contributed by atoms with van der Waals surface area (Å²) in [5, 5.41) is 32.2. The quantitative estimate of drug-likeness (QED) is 0.450. The molecule has 5 rings (SSSR count). The molecule has 9 nitrogen and oxygen atoms in total. The van der Waals surface area contributed by atoms with Crippen LogP contribution in [-0.2, 0) is 6.54 Å². The molecule has 1 aromatic heterocycles. The molecule has 3 aromatic rings. The lowest BCUT2D eigenvalue weighted by atomic mass is 9.98. The zero-order valence-electron chi connectivity index (χ0n) is 21.4. The van der Waals surface area contributed by atoms with Crippen molar-refractivity contribution in [2.75, 3.05) is 33.2 Å². The van der Waals surface area contributed by atoms with Gasteiger partial charge in [0.1, 0.15) is 17.3 Å². The molecule has 196 valence electrons. The van der Waals surface area contributed by atoms with Crippen LogP contribution in [0.25, 0.3) is 17.1 Å². The largest absolute Gasteiger partial charge is 0.508 e. The summed E-state index contributed by atoms with van der Waals surface area (Å²) in [7, 11) is 2.09. The van der Waals surface area contributed by atoms with E-state index < -0.39 is 11.7 Å². The number of phenolic OH excluding ortho intramolecular Hbond substituents is 2. The van der Waals surface area contributed by atoms with Crippen LogP contribution in [0, 0.1) is 5.82 Å². The van der Waals surface area contributed by atoms with Crippen molar-refractivity contribution >= 4 is 5.91 Å². The molecule has 1 saturated heterocycles. The third-order valence-corrected chi connectivity index (χ3v) is 7.04. The van der Waals surface area contributed by atoms with Gasteiger partial charge in [0.15, 0.2) is 5.82 Å². The molecule has 2 aliphatic rings. The number of nitrogens with zero attached hydrogens (tertiary/aromatic N) is 5. The van der Waals surface area contributed by atoms with Crippen LogP contribution in [0.4, 0.5) is 4.39 Å². The highest BCUT2D eigenvalue weighted by Crippen LogP contribution is 2.38. The van der Waals surface area contributed by atoms with Gasteiger partial charge in [-0.1, -0.05) is 19.9 Å². The number of aromatic hydroxyl groups is 2. The molecular formula is C27H33FN6O3. The van der Waals surface area contributed by atoms with Gasteiger partial charge in [-0.3, -0.25) is 14.3 Å². The van der Waals surface area contributed by atoms with Crippen LogP contribution in [0.2, 0.25) is 0 Å². The van der Waals surface area contributed by atoms with Crippen molar-refractivity contribution in [2.45, 2.75) is 45.2 Å². The van der Waals surface area contributed by atoms with Crippen LogP contribution >= 0.6 is 0 Å². The molecular weight excluding hydrogens is 475 g/mol. The number of likely N-dealkylation sites (N-methyl/N-ethyl adjacent to an activating group) is 1. The predicted molar refractivity (Wildman–Crippen MR) is 137 cm³/mol. The third kappa shape index (κ3) is 5.30. The first-order chi connectivity index (χ1) is 17.7. The molecule has 1 aliphatic carbocycles. The van der Waals surface area contributed by atoms with Crippen molar-refractivity contribution < 1.29 is 19.4 Å². The van der Waals surface area contributed by atoms with Gasteiger partial charge < -0.3 is 20.4 Å². The Morgan fingerprint density at radius 2 is 1.81 bits per heavy atom. The lowest BCUT2D eigenvalue weighted by molar-refractivity contribution is 0.0938. The summed E-state index contributed by atoms with van der Waals surface area (Å²) in [6, 6.07) is 7.88. The molecule has 1 aliphatic heterocycles. The summed E-state index contributed by atoms with van der Waals surface area (Å²) >= 11 is 0. The number of piperazine rings is 1. The van der Waals surface area contributed by atoms with E-state index in [2.05, 4.69) is 32.4 Å². The summed E-state index contributed by atoms with van der Waals surface area (Å²) < 4.78 is 17.0. The number of phenols is 2. The summed E-state index contributed by atoms with van der Waals surface area (Å²) in [6.07, 6.45) is 1.77. The highest BCUT2D eigenvalue weighted by molar-refractivity contribution is 5.92. The number of benzene rings is 2. The SMILES string of the molecule is CC(C)c1cc(-c2nnc(C(=O)NC3CC3)n2-c2ccc(CN3CCN(C)CC3)cc2F)c(O)cc1O. The summed E-state index contributed by atoms with van der Waals surface area (Å²) in [5.74, 6) is -1.25. The minimum atomic E-state index is -0.518. The van der Waals surface area contributed by atoms with E-state index in [4.69, 9.17) is 0 Å². The molecule has 0 radical (unpaired) electrons. The fourth-order valence-electron chi connectivity index (χ4n) is 4.64. The molecule has 0 unspecified atom stereocenters. The number of nitrogens with one attached hydrogen (secondary N) is 1. The van der Waals surface area contributed by atoms with Crippen molar-refractivity contribution in [2.24, 2.45) is 0 Å². The first kappa shape index (κ1) is 25.2. The molecule has 3 N–H and O–H groups in total. The van der Waals surface area contributed by atoms with Gasteiger partial charge in [-0.15, -0.1) is 10.2 Å². The fraction of sp³-hybridized carbons (Fsp3) is 0.444. The van der Waals surface area contributed by atoms with Crippen LogP contribution in [0.3, 0.4) is 0 Å². The molecule has 0 spiro atoms. The third-order valence-electron chi connectivity index (χ3n) is 7.04. The van der Waals surface area contributed by atoms with Gasteiger partial charge in [0, 0.05) is 44.8 Å². The van der Waals surface area contributed by atoms with Gasteiger partial charge in [-0.25, -0.2) is 4.39 Å². The number of halogens is 1. The number of hydrogen-bond donors (Lipinski definition) is 3. The molecule has 10 heteroatoms. The zero-order valence-corrected chi connectivity index (χ0v) is 21.4. The second-order valence-electron chi connectivity index (χ2n) is 10.4. The second-order valence-corrected chi connectivity index (χ2v) is 10.4. The van der Waals surface area contributed by atoms with Crippen molar-refractivity contribution in [1.29, 1.82) is 0 Å². The van der Waals surface area contributed by atoms with Gasteiger partial charge in [-0.2, -0.15) is 0 Å². The maximum Gasteiger partial charge on any atom is 0.289 e. The highest BCUT2D eigenvalue weighted by atomic mass is 19.1. The number of hydrogen-bond acceptors (Lipinski definition) is 7. The van der Waals surface area contributed by atoms with E-state index in [0.29, 0.717) is 12.1 Å². The number of amides is 1. The zero-order chi connectivity index (χ0) is 26.3. The van der Waals surface area contributed by atoms with Gasteiger partial charge in [0.05, 0.1) is 11.3 Å². The van der Waals surface area contributed by atoms with Gasteiger partial charge in [0.2, 0.25) is 5.82 Å². The molecule has 1 saturated carbocycles. The van der Waals surface area contributed by atoms with Crippen molar-refractivity contribution in [1.82, 2.24) is 29.9 Å². The molecule has 0 bridgehead atoms. The van der Waals surface area contributed by atoms with E-state index in [1.54, 1.807) is 12.1 Å². The van der Waals surface area contributed by atoms with E-state index in [1.165, 1.54) is 16.7 Å². The van der Waals surface area contributed by atoms with E-state index >= 15 is 4.39 Å². The molecule has 2 aromatic carbocycles. The second kappa shape index (κ2) is 10.1. The summed E-state index contributed by atoms with van der Waals surface area (Å²) in [5.41, 5.74) is 1.79. The smallest absolute Gasteiger partial charge is 0.289 e. The highest BCUT2D eigenvalue weighted by Gasteiger charge is 2.30. The average molecular weight is 509 g/mol. The Morgan fingerprint density at radius 3 is 2.46 bits per heavy atom. The number of carbonyl (C=O) groups is 1. The summed E-state index contributed by atoms with van der Waals surface area (Å²) in [4.78, 5) is 17.6. The van der Waals surface area contributed by atoms with Gasteiger partial charge in [0.25, 0.3) is 5.91 Å². The van der Waals surface area contributed by atoms with Crippen molar-refractivity contribution in [3.8, 4) is 28.6 Å². The Hall–Kier alpha value is -3.50. The standard InChI is InChI=1S/C27H33FN6O3/c1-16(2)19-13-20(24(36)14-23(19)35)25-30-31-26(27(37)29-18-5-6-18)34(25)22-7-4-17(12-21(22)28)15-33-10-8-32(3)9-11-33/h4,7,12-14,16,18,35-36H,5-6,8-11,15H2,1-3H3,(H,29,37). The van der Waals surface area contributed by atoms with E-state index in [0.717, 1.165) is 44.6 Å². The van der Waals surface area contributed by atoms with Crippen molar-refractivity contribution in [3.63, 3.8) is 0 Å². The first-order valence-corrected chi connectivity index (χ1v) is 12.7. The van der Waals surface area contributed by atoms with E-state index in [1.807, 2.05) is 19.9 Å². The van der Waals surface area contributed by atoms with Crippen LogP contribution < -0.4 is 5.32 Å². The van der Waals surface area contributed by atoms with Crippen LogP contribution in [0.1, 0.15) is 54.4 Å². The van der Waals surface area contributed by atoms with Crippen LogP contribution in [-0.4, -0.2) is 80.0 Å². The minimum absolute atomic E-state index is 0.0426. The Morgan fingerprint density at radius 1 is 1.08 bits per heavy atom. The molecule has 2 heterocycles. The molecule has 2 fully saturated rings. The number of aromatic nitrogens is 3. The van der Waals surface area contributed by atoms with E-state index in [-0.39, 0.29) is 46.4 Å². The monoisotopic (exact) mass is 508 g/mol. The summed E-state index contributed by atoms with van der Waals surface area (Å²) in [6.45, 7) is 8.23. The normalized spacial score (nSPS) is 16.9. The van der Waals surface area contributed by atoms with E-state index in [9.17, 15) is 15.0 Å². The maximum atomic E-state index is 15.7. The number of carbonyl (C=O) groups excluding carboxylic acids is 1. The molecule has 37 heavy (non-hydrogen) atoms. The topological polar surface area (TPSA) is 107 Å². The minimum Gasteiger partial charge on any atom is -0.508 e.